The fourth-order valence-corrected chi connectivity index (χ4v) is 6.73. The minimum absolute atomic E-state index is 0.0532. The molecule has 218 valence electrons. The monoisotopic (exact) mass is 588 g/mol. The smallest absolute Gasteiger partial charge is 0.227 e. The first-order valence-corrected chi connectivity index (χ1v) is 16.0. The van der Waals surface area contributed by atoms with E-state index in [-0.39, 0.29) is 42.5 Å². The molecule has 2 aliphatic rings. The molecule has 6 rings (SSSR count). The summed E-state index contributed by atoms with van der Waals surface area (Å²) in [6.07, 6.45) is 1.65. The third-order valence-electron chi connectivity index (χ3n) is 8.11. The fourth-order valence-electron chi connectivity index (χ4n) is 5.53. The number of rotatable bonds is 6. The predicted octanol–water partition coefficient (Wildman–Crippen LogP) is 4.04. The van der Waals surface area contributed by atoms with Crippen LogP contribution in [0, 0.1) is 12.7 Å². The van der Waals surface area contributed by atoms with E-state index in [1.165, 1.54) is 22.1 Å². The molecule has 0 unspecified atom stereocenters. The SMILES string of the molecule is Cc1cc(-c2cnc3cccc(-c4ccc(CC(=O)N5CCS(=O)(=O)CC5)c(F)c4)c3n2)ccc1CN1CCOCC1. The van der Waals surface area contributed by atoms with E-state index in [2.05, 4.69) is 35.0 Å². The number of aromatic nitrogens is 2. The summed E-state index contributed by atoms with van der Waals surface area (Å²) in [6, 6.07) is 16.8. The molecule has 1 amide bonds. The highest BCUT2D eigenvalue weighted by Gasteiger charge is 2.25. The van der Waals surface area contributed by atoms with Gasteiger partial charge in [-0.15, -0.1) is 0 Å². The molecule has 2 saturated heterocycles. The Labute approximate surface area is 245 Å². The Bertz CT molecular complexity index is 1740. The van der Waals surface area contributed by atoms with E-state index < -0.39 is 15.7 Å². The lowest BCUT2D eigenvalue weighted by Crippen LogP contribution is -2.44. The molecule has 3 heterocycles. The van der Waals surface area contributed by atoms with E-state index in [0.717, 1.165) is 49.7 Å². The van der Waals surface area contributed by atoms with Gasteiger partial charge in [-0.2, -0.15) is 0 Å². The number of hydrogen-bond acceptors (Lipinski definition) is 7. The van der Waals surface area contributed by atoms with Crippen molar-refractivity contribution in [3.8, 4) is 22.4 Å². The quantitative estimate of drug-likeness (QED) is 0.336. The molecule has 0 atom stereocenters. The fraction of sp³-hybridized carbons (Fsp3) is 0.344. The third kappa shape index (κ3) is 6.21. The lowest BCUT2D eigenvalue weighted by molar-refractivity contribution is -0.130. The van der Waals surface area contributed by atoms with E-state index in [1.807, 2.05) is 18.2 Å². The number of morpholine rings is 1. The second kappa shape index (κ2) is 11.9. The Morgan fingerprint density at radius 3 is 2.43 bits per heavy atom. The van der Waals surface area contributed by atoms with E-state index in [9.17, 15) is 13.2 Å². The van der Waals surface area contributed by atoms with Crippen molar-refractivity contribution in [2.24, 2.45) is 0 Å². The Balaban J connectivity index is 1.24. The van der Waals surface area contributed by atoms with Crippen molar-refractivity contribution in [1.82, 2.24) is 19.8 Å². The first kappa shape index (κ1) is 28.4. The number of amides is 1. The molecule has 4 aromatic rings. The highest BCUT2D eigenvalue weighted by molar-refractivity contribution is 7.91. The van der Waals surface area contributed by atoms with Crippen LogP contribution in [0.3, 0.4) is 0 Å². The van der Waals surface area contributed by atoms with Crippen LogP contribution in [0.2, 0.25) is 0 Å². The number of hydrogen-bond donors (Lipinski definition) is 0. The van der Waals surface area contributed by atoms with Gasteiger partial charge in [0.1, 0.15) is 5.82 Å². The zero-order valence-corrected chi connectivity index (χ0v) is 24.4. The van der Waals surface area contributed by atoms with Crippen molar-refractivity contribution in [2.75, 3.05) is 50.9 Å². The number of halogens is 1. The van der Waals surface area contributed by atoms with Crippen molar-refractivity contribution in [3.63, 3.8) is 0 Å². The zero-order chi connectivity index (χ0) is 29.3. The summed E-state index contributed by atoms with van der Waals surface area (Å²) in [5.41, 5.74) is 7.20. The summed E-state index contributed by atoms with van der Waals surface area (Å²) in [4.78, 5) is 26.2. The molecule has 3 aromatic carbocycles. The highest BCUT2D eigenvalue weighted by Crippen LogP contribution is 2.30. The van der Waals surface area contributed by atoms with E-state index >= 15 is 4.39 Å². The summed E-state index contributed by atoms with van der Waals surface area (Å²) < 4.78 is 44.1. The molecule has 0 bridgehead atoms. The van der Waals surface area contributed by atoms with Gasteiger partial charge >= 0.3 is 0 Å². The minimum atomic E-state index is -3.10. The lowest BCUT2D eigenvalue weighted by Gasteiger charge is -2.27. The molecular weight excluding hydrogens is 555 g/mol. The van der Waals surface area contributed by atoms with Crippen LogP contribution in [-0.4, -0.2) is 85.0 Å². The number of benzene rings is 3. The van der Waals surface area contributed by atoms with Gasteiger partial charge < -0.3 is 9.64 Å². The number of aryl methyl sites for hydroxylation is 1. The minimum Gasteiger partial charge on any atom is -0.379 e. The molecule has 2 fully saturated rings. The number of sulfone groups is 1. The van der Waals surface area contributed by atoms with Crippen LogP contribution < -0.4 is 0 Å². The lowest BCUT2D eigenvalue weighted by atomic mass is 9.99. The highest BCUT2D eigenvalue weighted by atomic mass is 32.2. The van der Waals surface area contributed by atoms with Gasteiger partial charge in [0.25, 0.3) is 0 Å². The molecule has 0 spiro atoms. The molecule has 10 heteroatoms. The van der Waals surface area contributed by atoms with Crippen LogP contribution in [0.1, 0.15) is 16.7 Å². The molecular formula is C32H33FN4O4S. The molecule has 1 aromatic heterocycles. The largest absolute Gasteiger partial charge is 0.379 e. The number of ether oxygens (including phenoxy) is 1. The van der Waals surface area contributed by atoms with Crippen molar-refractivity contribution in [3.05, 3.63) is 83.3 Å². The maximum absolute atomic E-state index is 15.3. The van der Waals surface area contributed by atoms with Crippen molar-refractivity contribution < 1.29 is 22.3 Å². The van der Waals surface area contributed by atoms with Crippen LogP contribution >= 0.6 is 0 Å². The second-order valence-electron chi connectivity index (χ2n) is 11.0. The van der Waals surface area contributed by atoms with Gasteiger partial charge in [0, 0.05) is 43.9 Å². The van der Waals surface area contributed by atoms with Crippen LogP contribution in [-0.2, 0) is 32.3 Å². The maximum Gasteiger partial charge on any atom is 0.227 e. The summed E-state index contributed by atoms with van der Waals surface area (Å²) in [5, 5.41) is 0. The molecule has 0 radical (unpaired) electrons. The van der Waals surface area contributed by atoms with Crippen molar-refractivity contribution in [2.45, 2.75) is 19.9 Å². The Hall–Kier alpha value is -3.73. The molecule has 8 nitrogen and oxygen atoms in total. The Kier molecular flexibility index (Phi) is 8.02. The van der Waals surface area contributed by atoms with Crippen LogP contribution in [0.4, 0.5) is 4.39 Å². The van der Waals surface area contributed by atoms with Crippen molar-refractivity contribution in [1.29, 1.82) is 0 Å². The van der Waals surface area contributed by atoms with Gasteiger partial charge in [0.15, 0.2) is 9.84 Å². The average molecular weight is 589 g/mol. The summed E-state index contributed by atoms with van der Waals surface area (Å²) in [7, 11) is -3.10. The Morgan fingerprint density at radius 1 is 0.952 bits per heavy atom. The van der Waals surface area contributed by atoms with Gasteiger partial charge in [0.2, 0.25) is 5.91 Å². The van der Waals surface area contributed by atoms with Gasteiger partial charge in [-0.25, -0.2) is 17.8 Å². The van der Waals surface area contributed by atoms with E-state index in [1.54, 1.807) is 18.3 Å². The normalized spacial score (nSPS) is 17.4. The number of nitrogens with zero attached hydrogens (tertiary/aromatic N) is 4. The molecule has 0 saturated carbocycles. The first-order chi connectivity index (χ1) is 20.3. The Morgan fingerprint density at radius 2 is 1.69 bits per heavy atom. The third-order valence-corrected chi connectivity index (χ3v) is 9.72. The summed E-state index contributed by atoms with van der Waals surface area (Å²) >= 11 is 0. The molecule has 0 N–H and O–H groups in total. The topological polar surface area (TPSA) is 92.7 Å². The number of para-hydroxylation sites is 1. The maximum atomic E-state index is 15.3. The van der Waals surface area contributed by atoms with Gasteiger partial charge in [-0.05, 0) is 47.4 Å². The second-order valence-corrected chi connectivity index (χ2v) is 13.3. The number of fused-ring (bicyclic) bond motifs is 1. The molecule has 42 heavy (non-hydrogen) atoms. The van der Waals surface area contributed by atoms with E-state index in [0.29, 0.717) is 16.6 Å². The van der Waals surface area contributed by atoms with Gasteiger partial charge in [-0.1, -0.05) is 36.4 Å². The zero-order valence-electron chi connectivity index (χ0n) is 23.6. The van der Waals surface area contributed by atoms with Gasteiger partial charge in [-0.3, -0.25) is 14.7 Å². The van der Waals surface area contributed by atoms with E-state index in [4.69, 9.17) is 9.72 Å². The molecule has 0 aliphatic carbocycles. The average Bonchev–Trinajstić information content (AvgIpc) is 2.99. The number of carbonyl (C=O) groups is 1. The van der Waals surface area contributed by atoms with Crippen LogP contribution in [0.5, 0.6) is 0 Å². The molecule has 2 aliphatic heterocycles. The first-order valence-electron chi connectivity index (χ1n) is 14.2. The van der Waals surface area contributed by atoms with Crippen LogP contribution in [0.25, 0.3) is 33.4 Å². The number of carbonyl (C=O) groups excluding carboxylic acids is 1. The van der Waals surface area contributed by atoms with Gasteiger partial charge in [0.05, 0.1) is 54.1 Å². The summed E-state index contributed by atoms with van der Waals surface area (Å²) in [6.45, 7) is 6.69. The van der Waals surface area contributed by atoms with Crippen molar-refractivity contribution >= 4 is 26.8 Å². The predicted molar refractivity (Wildman–Crippen MR) is 160 cm³/mol. The van der Waals surface area contributed by atoms with Crippen LogP contribution in [0.15, 0.2) is 60.8 Å². The standard InChI is InChI=1S/C32H33FN4O4S/c1-22-17-25(7-8-26(22)21-36-9-13-41-14-10-36)30-20-34-29-4-2-3-27(32(29)35-30)23-5-6-24(28(33)18-23)19-31(38)37-11-15-42(39,40)16-12-37/h2-8,17-18,20H,9-16,19,21H2,1H3. The summed E-state index contributed by atoms with van der Waals surface area (Å²) in [5.74, 6) is -0.869.